The molecule has 0 aliphatic carbocycles. The normalized spacial score (nSPS) is 11.6. The van der Waals surface area contributed by atoms with E-state index in [2.05, 4.69) is 159 Å². The molecule has 0 spiro atoms. The second-order valence-electron chi connectivity index (χ2n) is 17.1. The lowest BCUT2D eigenvalue weighted by molar-refractivity contribution is 0.666. The average Bonchev–Trinajstić information content (AvgIpc) is 3.89. The van der Waals surface area contributed by atoms with Gasteiger partial charge in [-0.3, -0.25) is 0 Å². The van der Waals surface area contributed by atoms with Crippen molar-refractivity contribution in [3.63, 3.8) is 0 Å². The minimum Gasteiger partial charge on any atom is -0.455 e. The summed E-state index contributed by atoms with van der Waals surface area (Å²) in [6, 6.07) is 52.7. The molecule has 0 N–H and O–H groups in total. The highest BCUT2D eigenvalue weighted by Crippen LogP contribution is 2.46. The molecular weight excluding hydrogens is 785 g/mol. The highest BCUT2D eigenvalue weighted by Gasteiger charge is 2.22. The van der Waals surface area contributed by atoms with Gasteiger partial charge in [0.05, 0.1) is 23.6 Å². The molecule has 0 bridgehead atoms. The van der Waals surface area contributed by atoms with Crippen molar-refractivity contribution in [2.45, 2.75) is 41.5 Å². The summed E-state index contributed by atoms with van der Waals surface area (Å²) in [5.74, 6) is 0. The van der Waals surface area contributed by atoms with E-state index in [1.165, 1.54) is 33.4 Å². The second-order valence-corrected chi connectivity index (χ2v) is 17.1. The fraction of sp³-hybridized carbons (Fsp3) is 0.103. The van der Waals surface area contributed by atoms with Crippen LogP contribution >= 0.6 is 0 Å². The van der Waals surface area contributed by atoms with E-state index in [-0.39, 0.29) is 0 Å². The van der Waals surface area contributed by atoms with Crippen LogP contribution in [0.5, 0.6) is 0 Å². The van der Waals surface area contributed by atoms with Crippen LogP contribution in [-0.4, -0.2) is 0 Å². The second kappa shape index (κ2) is 14.7. The van der Waals surface area contributed by atoms with Gasteiger partial charge in [-0.1, -0.05) is 24.3 Å². The molecular formula is C58H42N4O2. The molecule has 11 aromatic rings. The van der Waals surface area contributed by atoms with Crippen LogP contribution in [0.25, 0.3) is 70.3 Å². The first kappa shape index (κ1) is 38.6. The summed E-state index contributed by atoms with van der Waals surface area (Å²) in [7, 11) is 0. The maximum Gasteiger partial charge on any atom is 0.187 e. The predicted molar refractivity (Wildman–Crippen MR) is 265 cm³/mol. The number of benzene rings is 9. The maximum absolute atomic E-state index is 9.54. The molecule has 9 aromatic carbocycles. The van der Waals surface area contributed by atoms with E-state index in [1.807, 2.05) is 48.5 Å². The molecule has 0 saturated carbocycles. The summed E-state index contributed by atoms with van der Waals surface area (Å²) >= 11 is 0. The van der Waals surface area contributed by atoms with Crippen LogP contribution < -0.4 is 9.80 Å². The Morgan fingerprint density at radius 1 is 0.438 bits per heavy atom. The van der Waals surface area contributed by atoms with Crippen LogP contribution in [0, 0.1) is 59.4 Å². The number of hydrogen-bond acceptors (Lipinski definition) is 5. The highest BCUT2D eigenvalue weighted by molar-refractivity contribution is 6.27. The van der Waals surface area contributed by atoms with Gasteiger partial charge >= 0.3 is 0 Å². The molecule has 2 aromatic heterocycles. The molecule has 0 unspecified atom stereocenters. The van der Waals surface area contributed by atoms with Crippen molar-refractivity contribution >= 4 is 105 Å². The van der Waals surface area contributed by atoms with Gasteiger partial charge in [0.1, 0.15) is 22.3 Å². The number of nitrogens with zero attached hydrogens (tertiary/aromatic N) is 4. The van der Waals surface area contributed by atoms with Gasteiger partial charge in [-0.15, -0.1) is 0 Å². The molecule has 6 nitrogen and oxygen atoms in total. The van der Waals surface area contributed by atoms with Gasteiger partial charge in [0.2, 0.25) is 0 Å². The zero-order valence-electron chi connectivity index (χ0n) is 36.5. The van der Waals surface area contributed by atoms with Crippen molar-refractivity contribution in [3.8, 4) is 6.07 Å². The monoisotopic (exact) mass is 826 g/mol. The third-order valence-corrected chi connectivity index (χ3v) is 13.4. The molecule has 306 valence electrons. The average molecular weight is 827 g/mol. The van der Waals surface area contributed by atoms with E-state index >= 15 is 0 Å². The largest absolute Gasteiger partial charge is 0.455 e. The van der Waals surface area contributed by atoms with Crippen molar-refractivity contribution in [1.29, 1.82) is 5.26 Å². The summed E-state index contributed by atoms with van der Waals surface area (Å²) < 4.78 is 13.7. The zero-order valence-corrected chi connectivity index (χ0v) is 36.5. The number of furan rings is 2. The Balaban J connectivity index is 1.04. The molecule has 2 heterocycles. The summed E-state index contributed by atoms with van der Waals surface area (Å²) in [5.41, 5.74) is 18.1. The molecule has 6 heteroatoms. The maximum atomic E-state index is 9.54. The summed E-state index contributed by atoms with van der Waals surface area (Å²) in [6.07, 6.45) is 0. The Kier molecular flexibility index (Phi) is 8.84. The van der Waals surface area contributed by atoms with Crippen LogP contribution in [-0.2, 0) is 0 Å². The lowest BCUT2D eigenvalue weighted by Crippen LogP contribution is -2.11. The van der Waals surface area contributed by atoms with Gasteiger partial charge in [-0.25, -0.2) is 4.85 Å². The molecule has 64 heavy (non-hydrogen) atoms. The number of nitriles is 1. The van der Waals surface area contributed by atoms with Crippen LogP contribution in [0.3, 0.4) is 0 Å². The lowest BCUT2D eigenvalue weighted by atomic mass is 10.0. The molecule has 0 fully saturated rings. The number of anilines is 6. The van der Waals surface area contributed by atoms with E-state index in [1.54, 1.807) is 0 Å². The molecule has 0 atom stereocenters. The summed E-state index contributed by atoms with van der Waals surface area (Å²) in [4.78, 5) is 8.15. The fourth-order valence-corrected chi connectivity index (χ4v) is 9.46. The van der Waals surface area contributed by atoms with E-state index in [4.69, 9.17) is 15.4 Å². The Morgan fingerprint density at radius 2 is 0.875 bits per heavy atom. The standard InChI is InChI=1S/C58H42N4O2/c1-33-26-47(27-34(2)37(33)5)61(43-14-8-39(32-59)9-15-43)45-18-22-49-40(30-45)10-20-51-52-24-25-54-55(58(52)64-56(49)51)53-21-11-41-31-46(19-23-50(41)57(53)63-54)62(44-16-12-42(60-7)13-17-44)48-28-35(3)38(6)36(4)29-48/h8-31H,1-6H3. The lowest BCUT2D eigenvalue weighted by Gasteiger charge is -2.27. The smallest absolute Gasteiger partial charge is 0.187 e. The third-order valence-electron chi connectivity index (χ3n) is 13.4. The Hall–Kier alpha value is -8.32. The molecule has 0 saturated heterocycles. The fourth-order valence-electron chi connectivity index (χ4n) is 9.46. The van der Waals surface area contributed by atoms with Crippen LogP contribution in [0.4, 0.5) is 39.8 Å². The van der Waals surface area contributed by atoms with Crippen molar-refractivity contribution in [3.05, 3.63) is 196 Å². The molecule has 0 radical (unpaired) electrons. The van der Waals surface area contributed by atoms with Gasteiger partial charge in [-0.2, -0.15) is 5.26 Å². The Morgan fingerprint density at radius 3 is 1.39 bits per heavy atom. The Labute approximate surface area is 371 Å². The molecule has 11 rings (SSSR count). The molecule has 0 aliphatic heterocycles. The van der Waals surface area contributed by atoms with Crippen molar-refractivity contribution in [1.82, 2.24) is 0 Å². The number of aryl methyl sites for hydroxylation is 4. The molecule has 0 amide bonds. The van der Waals surface area contributed by atoms with Crippen LogP contribution in [0.2, 0.25) is 0 Å². The Bertz CT molecular complexity index is 3780. The third kappa shape index (κ3) is 6.07. The van der Waals surface area contributed by atoms with Crippen molar-refractivity contribution < 1.29 is 8.83 Å². The predicted octanol–water partition coefficient (Wildman–Crippen LogP) is 17.0. The summed E-state index contributed by atoms with van der Waals surface area (Å²) in [5, 5.41) is 17.8. The number of hydrogen-bond donors (Lipinski definition) is 0. The topological polar surface area (TPSA) is 60.9 Å². The van der Waals surface area contributed by atoms with E-state index in [9.17, 15) is 5.26 Å². The van der Waals surface area contributed by atoms with Crippen LogP contribution in [0.1, 0.15) is 38.9 Å². The van der Waals surface area contributed by atoms with Gasteiger partial charge in [0, 0.05) is 61.1 Å². The molecule has 0 aliphatic rings. The number of fused-ring (bicyclic) bond motifs is 11. The summed E-state index contributed by atoms with van der Waals surface area (Å²) in [6.45, 7) is 20.5. The van der Waals surface area contributed by atoms with Crippen LogP contribution in [0.15, 0.2) is 154 Å². The van der Waals surface area contributed by atoms with E-state index < -0.39 is 0 Å². The van der Waals surface area contributed by atoms with Crippen molar-refractivity contribution in [2.24, 2.45) is 0 Å². The quantitative estimate of drug-likeness (QED) is 0.156. The zero-order chi connectivity index (χ0) is 44.0. The van der Waals surface area contributed by atoms with Gasteiger partial charge in [0.25, 0.3) is 0 Å². The first-order valence-electron chi connectivity index (χ1n) is 21.5. The van der Waals surface area contributed by atoms with E-state index in [0.717, 1.165) is 99.5 Å². The SMILES string of the molecule is [C-]#[N+]c1ccc(N(c2cc(C)c(C)c(C)c2)c2ccc3c(ccc4c3oc3ccc5c6ccc7cc(N(c8ccc(C#N)cc8)c8cc(C)c(C)c(C)c8)ccc7c6oc5c34)c2)cc1. The highest BCUT2D eigenvalue weighted by atomic mass is 16.3. The van der Waals surface area contributed by atoms with Gasteiger partial charge in [-0.05, 0) is 207 Å². The first-order chi connectivity index (χ1) is 31.1. The number of rotatable bonds is 6. The van der Waals surface area contributed by atoms with Crippen molar-refractivity contribution in [2.75, 3.05) is 9.80 Å². The minimum atomic E-state index is 0.609. The van der Waals surface area contributed by atoms with E-state index in [0.29, 0.717) is 11.3 Å². The van der Waals surface area contributed by atoms with Gasteiger partial charge in [0.15, 0.2) is 5.69 Å². The van der Waals surface area contributed by atoms with Gasteiger partial charge < -0.3 is 18.6 Å². The minimum absolute atomic E-state index is 0.609. The first-order valence-corrected chi connectivity index (χ1v) is 21.5.